The highest BCUT2D eigenvalue weighted by molar-refractivity contribution is 5.82. The number of nitrogens with two attached hydrogens (primary N) is 1. The summed E-state index contributed by atoms with van der Waals surface area (Å²) < 4.78 is 0. The Morgan fingerprint density at radius 1 is 1.24 bits per heavy atom. The summed E-state index contributed by atoms with van der Waals surface area (Å²) in [6.45, 7) is 14.7. The van der Waals surface area contributed by atoms with Gasteiger partial charge in [-0.3, -0.25) is 4.79 Å². The van der Waals surface area contributed by atoms with Crippen LogP contribution in [0.25, 0.3) is 0 Å². The topological polar surface area (TPSA) is 55.1 Å². The van der Waals surface area contributed by atoms with Crippen LogP contribution in [0.4, 0.5) is 0 Å². The maximum atomic E-state index is 12.0. The van der Waals surface area contributed by atoms with Gasteiger partial charge in [0, 0.05) is 5.54 Å². The van der Waals surface area contributed by atoms with Gasteiger partial charge in [0.05, 0.1) is 6.04 Å². The van der Waals surface area contributed by atoms with Crippen molar-refractivity contribution < 1.29 is 4.79 Å². The highest BCUT2D eigenvalue weighted by Crippen LogP contribution is 2.26. The molecule has 0 aliphatic carbocycles. The molecule has 0 aromatic heterocycles. The van der Waals surface area contributed by atoms with Gasteiger partial charge in [-0.2, -0.15) is 0 Å². The zero-order chi connectivity index (χ0) is 13.9. The van der Waals surface area contributed by atoms with E-state index >= 15 is 0 Å². The molecule has 2 atom stereocenters. The van der Waals surface area contributed by atoms with Gasteiger partial charge in [-0.25, -0.2) is 0 Å². The molecule has 102 valence electrons. The summed E-state index contributed by atoms with van der Waals surface area (Å²) in [6.07, 6.45) is 1.85. The first-order valence-corrected chi connectivity index (χ1v) is 6.56. The Hall–Kier alpha value is -0.570. The molecule has 0 heterocycles. The van der Waals surface area contributed by atoms with Crippen LogP contribution in [0.3, 0.4) is 0 Å². The molecule has 0 fully saturated rings. The second-order valence-electron chi connectivity index (χ2n) is 7.02. The smallest absolute Gasteiger partial charge is 0.237 e. The molecule has 0 radical (unpaired) electrons. The number of amides is 1. The largest absolute Gasteiger partial charge is 0.350 e. The second kappa shape index (κ2) is 5.85. The first-order valence-electron chi connectivity index (χ1n) is 6.56. The molecule has 1 amide bonds. The molecule has 0 saturated heterocycles. The van der Waals surface area contributed by atoms with Crippen LogP contribution >= 0.6 is 0 Å². The fourth-order valence-electron chi connectivity index (χ4n) is 2.30. The third-order valence-electron chi connectivity index (χ3n) is 2.99. The Kier molecular flexibility index (Phi) is 5.66. The Morgan fingerprint density at radius 2 is 1.71 bits per heavy atom. The van der Waals surface area contributed by atoms with E-state index in [2.05, 4.69) is 46.9 Å². The van der Waals surface area contributed by atoms with Gasteiger partial charge in [-0.1, -0.05) is 41.0 Å². The Bertz CT molecular complexity index is 253. The highest BCUT2D eigenvalue weighted by Gasteiger charge is 2.29. The van der Waals surface area contributed by atoms with E-state index in [1.165, 1.54) is 0 Å². The van der Waals surface area contributed by atoms with Crippen molar-refractivity contribution >= 4 is 5.91 Å². The molecule has 0 spiro atoms. The van der Waals surface area contributed by atoms with E-state index in [1.807, 2.05) is 6.92 Å². The molecule has 2 unspecified atom stereocenters. The highest BCUT2D eigenvalue weighted by atomic mass is 16.2. The number of nitrogens with one attached hydrogen (secondary N) is 1. The number of hydrogen-bond donors (Lipinski definition) is 2. The Balaban J connectivity index is 4.46. The lowest BCUT2D eigenvalue weighted by Crippen LogP contribution is -2.53. The van der Waals surface area contributed by atoms with E-state index in [0.717, 1.165) is 12.8 Å². The average molecular weight is 242 g/mol. The summed E-state index contributed by atoms with van der Waals surface area (Å²) in [4.78, 5) is 12.0. The lowest BCUT2D eigenvalue weighted by atomic mass is 9.81. The number of rotatable bonds is 5. The zero-order valence-corrected chi connectivity index (χ0v) is 12.6. The summed E-state index contributed by atoms with van der Waals surface area (Å²) >= 11 is 0. The van der Waals surface area contributed by atoms with Crippen LogP contribution in [0.2, 0.25) is 0 Å². The number of carbonyl (C=O) groups is 1. The van der Waals surface area contributed by atoms with Crippen molar-refractivity contribution in [1.29, 1.82) is 0 Å². The molecular weight excluding hydrogens is 212 g/mol. The molecule has 3 N–H and O–H groups in total. The van der Waals surface area contributed by atoms with E-state index in [9.17, 15) is 4.79 Å². The van der Waals surface area contributed by atoms with Crippen molar-refractivity contribution in [2.24, 2.45) is 17.1 Å². The summed E-state index contributed by atoms with van der Waals surface area (Å²) in [7, 11) is 0. The maximum Gasteiger partial charge on any atom is 0.237 e. The molecule has 0 aliphatic rings. The summed E-state index contributed by atoms with van der Waals surface area (Å²) in [5, 5.41) is 3.06. The number of carbonyl (C=O) groups excluding carboxylic acids is 1. The second-order valence-corrected chi connectivity index (χ2v) is 7.02. The molecule has 0 aromatic carbocycles. The zero-order valence-electron chi connectivity index (χ0n) is 12.6. The van der Waals surface area contributed by atoms with Crippen molar-refractivity contribution in [1.82, 2.24) is 5.32 Å². The van der Waals surface area contributed by atoms with E-state index < -0.39 is 6.04 Å². The van der Waals surface area contributed by atoms with Crippen LogP contribution in [-0.4, -0.2) is 17.5 Å². The van der Waals surface area contributed by atoms with E-state index in [0.29, 0.717) is 0 Å². The molecule has 17 heavy (non-hydrogen) atoms. The van der Waals surface area contributed by atoms with Gasteiger partial charge >= 0.3 is 0 Å². The summed E-state index contributed by atoms with van der Waals surface area (Å²) in [6, 6.07) is -0.403. The Labute approximate surface area is 107 Å². The summed E-state index contributed by atoms with van der Waals surface area (Å²) in [5.41, 5.74) is 5.91. The molecule has 0 saturated carbocycles. The minimum absolute atomic E-state index is 0.0337. The van der Waals surface area contributed by atoms with E-state index in [4.69, 9.17) is 5.73 Å². The third kappa shape index (κ3) is 6.67. The van der Waals surface area contributed by atoms with Crippen LogP contribution in [0.5, 0.6) is 0 Å². The van der Waals surface area contributed by atoms with Gasteiger partial charge in [-0.05, 0) is 31.6 Å². The summed E-state index contributed by atoms with van der Waals surface area (Å²) in [5.74, 6) is 0.189. The van der Waals surface area contributed by atoms with Crippen molar-refractivity contribution in [2.45, 2.75) is 72.9 Å². The van der Waals surface area contributed by atoms with Crippen molar-refractivity contribution in [3.05, 3.63) is 0 Å². The first-order chi connectivity index (χ1) is 7.48. The predicted octanol–water partition coefficient (Wildman–Crippen LogP) is 2.69. The van der Waals surface area contributed by atoms with Crippen LogP contribution in [0.1, 0.15) is 61.3 Å². The van der Waals surface area contributed by atoms with Crippen LogP contribution in [0, 0.1) is 11.3 Å². The molecule has 0 aliphatic heterocycles. The van der Waals surface area contributed by atoms with Gasteiger partial charge in [0.15, 0.2) is 0 Å². The predicted molar refractivity (Wildman–Crippen MR) is 73.7 cm³/mol. The molecular formula is C14H30N2O. The van der Waals surface area contributed by atoms with Crippen LogP contribution < -0.4 is 11.1 Å². The fourth-order valence-corrected chi connectivity index (χ4v) is 2.30. The first kappa shape index (κ1) is 16.4. The van der Waals surface area contributed by atoms with Crippen molar-refractivity contribution in [3.63, 3.8) is 0 Å². The van der Waals surface area contributed by atoms with Gasteiger partial charge in [-0.15, -0.1) is 0 Å². The lowest BCUT2D eigenvalue weighted by Gasteiger charge is -2.34. The normalized spacial score (nSPS) is 16.5. The number of hydrogen-bond acceptors (Lipinski definition) is 2. The van der Waals surface area contributed by atoms with E-state index in [-0.39, 0.29) is 22.8 Å². The maximum absolute atomic E-state index is 12.0. The minimum atomic E-state index is -0.403. The quantitative estimate of drug-likeness (QED) is 0.779. The SMILES string of the molecule is CCC(C)C(N)C(=O)NC(C)(C)CC(C)(C)C. The lowest BCUT2D eigenvalue weighted by molar-refractivity contribution is -0.125. The average Bonchev–Trinajstić information content (AvgIpc) is 2.10. The molecule has 3 nitrogen and oxygen atoms in total. The van der Waals surface area contributed by atoms with Gasteiger partial charge in [0.1, 0.15) is 0 Å². The molecule has 0 aromatic rings. The van der Waals surface area contributed by atoms with Crippen molar-refractivity contribution in [3.8, 4) is 0 Å². The van der Waals surface area contributed by atoms with Gasteiger partial charge in [0.25, 0.3) is 0 Å². The van der Waals surface area contributed by atoms with E-state index in [1.54, 1.807) is 0 Å². The molecule has 3 heteroatoms. The minimum Gasteiger partial charge on any atom is -0.350 e. The molecule has 0 bridgehead atoms. The van der Waals surface area contributed by atoms with Gasteiger partial charge in [0.2, 0.25) is 5.91 Å². The standard InChI is InChI=1S/C14H30N2O/c1-8-10(2)11(15)12(17)16-14(6,7)9-13(3,4)5/h10-11H,8-9,15H2,1-7H3,(H,16,17). The van der Waals surface area contributed by atoms with Crippen LogP contribution in [-0.2, 0) is 4.79 Å². The Morgan fingerprint density at radius 3 is 2.06 bits per heavy atom. The van der Waals surface area contributed by atoms with Gasteiger partial charge < -0.3 is 11.1 Å². The van der Waals surface area contributed by atoms with Crippen molar-refractivity contribution in [2.75, 3.05) is 0 Å². The molecule has 0 rings (SSSR count). The third-order valence-corrected chi connectivity index (χ3v) is 2.99. The monoisotopic (exact) mass is 242 g/mol. The van der Waals surface area contributed by atoms with Crippen LogP contribution in [0.15, 0.2) is 0 Å². The fraction of sp³-hybridized carbons (Fsp3) is 0.929.